The SMILES string of the molecule is COC1CN(c2ccc(C)cc2N)CC1OC. The zero-order valence-electron chi connectivity index (χ0n) is 10.6. The van der Waals surface area contributed by atoms with Gasteiger partial charge in [0.05, 0.1) is 11.4 Å². The first-order chi connectivity index (χ1) is 8.15. The van der Waals surface area contributed by atoms with E-state index in [9.17, 15) is 0 Å². The molecule has 0 aromatic heterocycles. The average molecular weight is 236 g/mol. The lowest BCUT2D eigenvalue weighted by atomic mass is 10.2. The molecule has 1 heterocycles. The van der Waals surface area contributed by atoms with Crippen LogP contribution < -0.4 is 10.6 Å². The van der Waals surface area contributed by atoms with Crippen molar-refractivity contribution in [2.75, 3.05) is 37.9 Å². The normalized spacial score (nSPS) is 24.3. The lowest BCUT2D eigenvalue weighted by Crippen LogP contribution is -2.27. The van der Waals surface area contributed by atoms with E-state index in [1.807, 2.05) is 13.0 Å². The molecule has 2 rings (SSSR count). The van der Waals surface area contributed by atoms with Gasteiger partial charge in [-0.2, -0.15) is 0 Å². The molecule has 4 nitrogen and oxygen atoms in total. The molecule has 1 aromatic carbocycles. The third-order valence-electron chi connectivity index (χ3n) is 3.34. The van der Waals surface area contributed by atoms with Crippen LogP contribution in [0.2, 0.25) is 0 Å². The summed E-state index contributed by atoms with van der Waals surface area (Å²) in [4.78, 5) is 2.22. The average Bonchev–Trinajstić information content (AvgIpc) is 2.72. The number of aryl methyl sites for hydroxylation is 1. The van der Waals surface area contributed by atoms with Crippen LogP contribution in [0.4, 0.5) is 11.4 Å². The van der Waals surface area contributed by atoms with Crippen molar-refractivity contribution < 1.29 is 9.47 Å². The predicted molar refractivity (Wildman–Crippen MR) is 69.4 cm³/mol. The number of rotatable bonds is 3. The van der Waals surface area contributed by atoms with E-state index in [0.29, 0.717) is 0 Å². The predicted octanol–water partition coefficient (Wildman–Crippen LogP) is 1.43. The Bertz CT molecular complexity index is 383. The monoisotopic (exact) mass is 236 g/mol. The van der Waals surface area contributed by atoms with Crippen LogP contribution in [-0.2, 0) is 9.47 Å². The maximum Gasteiger partial charge on any atom is 0.102 e. The minimum absolute atomic E-state index is 0.112. The molecule has 1 aromatic rings. The molecule has 2 N–H and O–H groups in total. The molecule has 0 radical (unpaired) electrons. The first-order valence-electron chi connectivity index (χ1n) is 5.82. The maximum atomic E-state index is 6.05. The second-order valence-electron chi connectivity index (χ2n) is 4.52. The highest BCUT2D eigenvalue weighted by molar-refractivity contribution is 5.69. The number of anilines is 2. The molecule has 1 aliphatic heterocycles. The van der Waals surface area contributed by atoms with E-state index >= 15 is 0 Å². The molecule has 1 saturated heterocycles. The maximum absolute atomic E-state index is 6.05. The highest BCUT2D eigenvalue weighted by Gasteiger charge is 2.33. The minimum atomic E-state index is 0.112. The van der Waals surface area contributed by atoms with Crippen molar-refractivity contribution in [3.63, 3.8) is 0 Å². The van der Waals surface area contributed by atoms with Gasteiger partial charge in [-0.15, -0.1) is 0 Å². The third-order valence-corrected chi connectivity index (χ3v) is 3.34. The van der Waals surface area contributed by atoms with Gasteiger partial charge in [-0.3, -0.25) is 0 Å². The fourth-order valence-electron chi connectivity index (χ4n) is 2.36. The zero-order chi connectivity index (χ0) is 12.4. The van der Waals surface area contributed by atoms with E-state index < -0.39 is 0 Å². The summed E-state index contributed by atoms with van der Waals surface area (Å²) >= 11 is 0. The number of benzene rings is 1. The molecule has 1 aliphatic rings. The van der Waals surface area contributed by atoms with Crippen molar-refractivity contribution in [2.24, 2.45) is 0 Å². The number of nitrogens with zero attached hydrogens (tertiary/aromatic N) is 1. The molecular formula is C13H20N2O2. The number of ether oxygens (including phenoxy) is 2. The van der Waals surface area contributed by atoms with E-state index in [4.69, 9.17) is 15.2 Å². The molecule has 0 amide bonds. The van der Waals surface area contributed by atoms with Crippen LogP contribution in [0, 0.1) is 6.92 Å². The van der Waals surface area contributed by atoms with Crippen LogP contribution in [0.15, 0.2) is 18.2 Å². The second-order valence-corrected chi connectivity index (χ2v) is 4.52. The number of nitrogen functional groups attached to an aromatic ring is 1. The van der Waals surface area contributed by atoms with Crippen molar-refractivity contribution in [3.8, 4) is 0 Å². The van der Waals surface area contributed by atoms with Gasteiger partial charge >= 0.3 is 0 Å². The molecule has 0 saturated carbocycles. The molecule has 2 atom stereocenters. The summed E-state index contributed by atoms with van der Waals surface area (Å²) in [5, 5.41) is 0. The molecule has 1 fully saturated rings. The van der Waals surface area contributed by atoms with Gasteiger partial charge < -0.3 is 20.1 Å². The van der Waals surface area contributed by atoms with E-state index in [-0.39, 0.29) is 12.2 Å². The van der Waals surface area contributed by atoms with Crippen molar-refractivity contribution in [1.29, 1.82) is 0 Å². The van der Waals surface area contributed by atoms with Crippen molar-refractivity contribution in [1.82, 2.24) is 0 Å². The summed E-state index contributed by atoms with van der Waals surface area (Å²) in [6, 6.07) is 6.14. The first-order valence-corrected chi connectivity index (χ1v) is 5.82. The van der Waals surface area contributed by atoms with Crippen LogP contribution >= 0.6 is 0 Å². The lowest BCUT2D eigenvalue weighted by molar-refractivity contribution is -0.00461. The number of hydrogen-bond donors (Lipinski definition) is 1. The summed E-state index contributed by atoms with van der Waals surface area (Å²) in [6.45, 7) is 3.69. The summed E-state index contributed by atoms with van der Waals surface area (Å²) < 4.78 is 10.8. The smallest absolute Gasteiger partial charge is 0.102 e. The van der Waals surface area contributed by atoms with Crippen LogP contribution in [0.1, 0.15) is 5.56 Å². The summed E-state index contributed by atoms with van der Waals surface area (Å²) in [7, 11) is 3.44. The van der Waals surface area contributed by atoms with Crippen LogP contribution in [0.25, 0.3) is 0 Å². The standard InChI is InChI=1S/C13H20N2O2/c1-9-4-5-11(10(14)6-9)15-7-12(16-2)13(8-15)17-3/h4-6,12-13H,7-8,14H2,1-3H3. The van der Waals surface area contributed by atoms with Gasteiger partial charge in [-0.1, -0.05) is 6.07 Å². The molecule has 2 unspecified atom stereocenters. The minimum Gasteiger partial charge on any atom is -0.397 e. The van der Waals surface area contributed by atoms with Crippen molar-refractivity contribution in [3.05, 3.63) is 23.8 Å². The van der Waals surface area contributed by atoms with Gasteiger partial charge in [0.2, 0.25) is 0 Å². The van der Waals surface area contributed by atoms with E-state index in [2.05, 4.69) is 17.0 Å². The van der Waals surface area contributed by atoms with Gasteiger partial charge in [0.15, 0.2) is 0 Å². The molecule has 94 valence electrons. The van der Waals surface area contributed by atoms with Gasteiger partial charge in [0, 0.05) is 27.3 Å². The Kier molecular flexibility index (Phi) is 3.54. The topological polar surface area (TPSA) is 47.7 Å². The molecule has 4 heteroatoms. The van der Waals surface area contributed by atoms with E-state index in [0.717, 1.165) is 24.5 Å². The summed E-state index contributed by atoms with van der Waals surface area (Å²) in [5.41, 5.74) is 9.11. The number of methoxy groups -OCH3 is 2. The molecule has 0 bridgehead atoms. The lowest BCUT2D eigenvalue weighted by Gasteiger charge is -2.20. The molecular weight excluding hydrogens is 216 g/mol. The van der Waals surface area contributed by atoms with Gasteiger partial charge in [-0.25, -0.2) is 0 Å². The highest BCUT2D eigenvalue weighted by atomic mass is 16.5. The Hall–Kier alpha value is -1.26. The Balaban J connectivity index is 2.19. The molecule has 0 spiro atoms. The fourth-order valence-corrected chi connectivity index (χ4v) is 2.36. The third kappa shape index (κ3) is 2.37. The van der Waals surface area contributed by atoms with Crippen molar-refractivity contribution in [2.45, 2.75) is 19.1 Å². The second kappa shape index (κ2) is 4.94. The van der Waals surface area contributed by atoms with Crippen molar-refractivity contribution >= 4 is 11.4 Å². The first kappa shape index (κ1) is 12.2. The van der Waals surface area contributed by atoms with Crippen LogP contribution in [-0.4, -0.2) is 39.5 Å². The number of hydrogen-bond acceptors (Lipinski definition) is 4. The van der Waals surface area contributed by atoms with Gasteiger partial charge in [0.25, 0.3) is 0 Å². The fraction of sp³-hybridized carbons (Fsp3) is 0.538. The van der Waals surface area contributed by atoms with Crippen LogP contribution in [0.3, 0.4) is 0 Å². The van der Waals surface area contributed by atoms with Crippen LogP contribution in [0.5, 0.6) is 0 Å². The largest absolute Gasteiger partial charge is 0.397 e. The zero-order valence-corrected chi connectivity index (χ0v) is 10.6. The van der Waals surface area contributed by atoms with Gasteiger partial charge in [-0.05, 0) is 24.6 Å². The Labute approximate surface area is 102 Å². The van der Waals surface area contributed by atoms with E-state index in [1.165, 1.54) is 5.56 Å². The molecule has 17 heavy (non-hydrogen) atoms. The molecule has 0 aliphatic carbocycles. The van der Waals surface area contributed by atoms with E-state index in [1.54, 1.807) is 14.2 Å². The summed E-state index contributed by atoms with van der Waals surface area (Å²) in [6.07, 6.45) is 0.224. The highest BCUT2D eigenvalue weighted by Crippen LogP contribution is 2.29. The summed E-state index contributed by atoms with van der Waals surface area (Å²) in [5.74, 6) is 0. The Morgan fingerprint density at radius 1 is 1.18 bits per heavy atom. The Morgan fingerprint density at radius 3 is 2.24 bits per heavy atom. The number of nitrogens with two attached hydrogens (primary N) is 1. The quantitative estimate of drug-likeness (QED) is 0.806. The van der Waals surface area contributed by atoms with Gasteiger partial charge in [0.1, 0.15) is 12.2 Å². The Morgan fingerprint density at radius 2 is 1.76 bits per heavy atom.